The topological polar surface area (TPSA) is 38.5 Å². The molecule has 1 aromatic rings. The molecule has 2 rings (SSSR count). The van der Waals surface area contributed by atoms with Crippen LogP contribution < -0.4 is 5.73 Å². The molecule has 0 aromatic heterocycles. The summed E-state index contributed by atoms with van der Waals surface area (Å²) in [6, 6.07) is 6.99. The van der Waals surface area contributed by atoms with Gasteiger partial charge in [-0.3, -0.25) is 0 Å². The zero-order chi connectivity index (χ0) is 12.3. The van der Waals surface area contributed by atoms with E-state index in [1.165, 1.54) is 6.07 Å². The Bertz CT molecular complexity index is 372. The van der Waals surface area contributed by atoms with Crippen molar-refractivity contribution in [3.8, 4) is 0 Å². The molecule has 3 nitrogen and oxygen atoms in total. The van der Waals surface area contributed by atoms with Crippen LogP contribution in [0, 0.1) is 11.7 Å². The third-order valence-corrected chi connectivity index (χ3v) is 3.19. The van der Waals surface area contributed by atoms with Crippen LogP contribution in [0.2, 0.25) is 0 Å². The molecule has 0 aliphatic carbocycles. The molecule has 0 spiro atoms. The van der Waals surface area contributed by atoms with Gasteiger partial charge in [0.15, 0.2) is 0 Å². The van der Waals surface area contributed by atoms with Crippen molar-refractivity contribution in [1.29, 1.82) is 0 Å². The zero-order valence-electron chi connectivity index (χ0n) is 10.1. The Hall–Kier alpha value is -0.970. The van der Waals surface area contributed by atoms with E-state index in [1.807, 2.05) is 19.2 Å². The van der Waals surface area contributed by atoms with E-state index in [0.717, 1.165) is 12.1 Å². The third-order valence-electron chi connectivity index (χ3n) is 3.19. The lowest BCUT2D eigenvalue weighted by atomic mass is 10.0. The minimum atomic E-state index is -0.147. The molecular formula is C13H19FN2O. The van der Waals surface area contributed by atoms with Gasteiger partial charge in [-0.25, -0.2) is 4.39 Å². The summed E-state index contributed by atoms with van der Waals surface area (Å²) >= 11 is 0. The fourth-order valence-electron chi connectivity index (χ4n) is 2.19. The van der Waals surface area contributed by atoms with E-state index in [9.17, 15) is 4.39 Å². The van der Waals surface area contributed by atoms with Crippen molar-refractivity contribution < 1.29 is 9.13 Å². The second-order valence-corrected chi connectivity index (χ2v) is 4.75. The van der Waals surface area contributed by atoms with Crippen molar-refractivity contribution >= 4 is 0 Å². The van der Waals surface area contributed by atoms with Crippen LogP contribution in [0.3, 0.4) is 0 Å². The monoisotopic (exact) mass is 238 g/mol. The summed E-state index contributed by atoms with van der Waals surface area (Å²) in [5.41, 5.74) is 6.65. The van der Waals surface area contributed by atoms with Crippen LogP contribution in [-0.4, -0.2) is 37.7 Å². The van der Waals surface area contributed by atoms with E-state index in [2.05, 4.69) is 4.90 Å². The van der Waals surface area contributed by atoms with Gasteiger partial charge >= 0.3 is 0 Å². The Morgan fingerprint density at radius 2 is 2.18 bits per heavy atom. The number of hydrogen-bond acceptors (Lipinski definition) is 3. The lowest BCUT2D eigenvalue weighted by molar-refractivity contribution is 0.172. The summed E-state index contributed by atoms with van der Waals surface area (Å²) in [6.45, 7) is 2.80. The molecule has 4 heteroatoms. The zero-order valence-corrected chi connectivity index (χ0v) is 10.1. The standard InChI is InChI=1S/C13H19FN2O/c1-16(7-11-8-17-9-13(11)15)6-10-4-2-3-5-12(10)14/h2-5,11,13H,6-9,15H2,1H3. The van der Waals surface area contributed by atoms with Crippen molar-refractivity contribution in [1.82, 2.24) is 4.90 Å². The molecule has 0 saturated carbocycles. The van der Waals surface area contributed by atoms with Gasteiger partial charge in [0.25, 0.3) is 0 Å². The van der Waals surface area contributed by atoms with Gasteiger partial charge < -0.3 is 15.4 Å². The van der Waals surface area contributed by atoms with Gasteiger partial charge in [0.05, 0.1) is 13.2 Å². The van der Waals surface area contributed by atoms with Gasteiger partial charge in [0.1, 0.15) is 5.82 Å². The third kappa shape index (κ3) is 3.25. The SMILES string of the molecule is CN(Cc1ccccc1F)CC1COCC1N. The van der Waals surface area contributed by atoms with Crippen molar-refractivity contribution in [2.24, 2.45) is 11.7 Å². The minimum absolute atomic E-state index is 0.109. The second-order valence-electron chi connectivity index (χ2n) is 4.75. The summed E-state index contributed by atoms with van der Waals surface area (Å²) in [4.78, 5) is 2.09. The molecule has 1 aromatic carbocycles. The van der Waals surface area contributed by atoms with Crippen molar-refractivity contribution in [3.63, 3.8) is 0 Å². The first-order valence-electron chi connectivity index (χ1n) is 5.92. The van der Waals surface area contributed by atoms with Crippen LogP contribution >= 0.6 is 0 Å². The Kier molecular flexibility index (Phi) is 4.10. The van der Waals surface area contributed by atoms with Crippen LogP contribution in [0.5, 0.6) is 0 Å². The number of nitrogens with two attached hydrogens (primary N) is 1. The van der Waals surface area contributed by atoms with Crippen molar-refractivity contribution in [2.75, 3.05) is 26.8 Å². The van der Waals surface area contributed by atoms with Gasteiger partial charge in [-0.2, -0.15) is 0 Å². The molecular weight excluding hydrogens is 219 g/mol. The van der Waals surface area contributed by atoms with E-state index in [-0.39, 0.29) is 11.9 Å². The molecule has 2 atom stereocenters. The molecule has 0 radical (unpaired) electrons. The summed E-state index contributed by atoms with van der Waals surface area (Å²) in [7, 11) is 1.98. The average Bonchev–Trinajstić information content (AvgIpc) is 2.68. The Balaban J connectivity index is 1.89. The van der Waals surface area contributed by atoms with Gasteiger partial charge in [0, 0.05) is 30.6 Å². The van der Waals surface area contributed by atoms with Crippen LogP contribution in [0.25, 0.3) is 0 Å². The predicted molar refractivity (Wildman–Crippen MR) is 65.0 cm³/mol. The summed E-state index contributed by atoms with van der Waals surface area (Å²) in [5, 5.41) is 0. The minimum Gasteiger partial charge on any atom is -0.379 e. The lowest BCUT2D eigenvalue weighted by Crippen LogP contribution is -2.36. The van der Waals surface area contributed by atoms with Gasteiger partial charge in [-0.05, 0) is 13.1 Å². The molecule has 1 saturated heterocycles. The smallest absolute Gasteiger partial charge is 0.127 e. The first kappa shape index (κ1) is 12.5. The number of nitrogens with zero attached hydrogens (tertiary/aromatic N) is 1. The molecule has 17 heavy (non-hydrogen) atoms. The molecule has 1 aliphatic rings. The fraction of sp³-hybridized carbons (Fsp3) is 0.538. The maximum absolute atomic E-state index is 13.5. The van der Waals surface area contributed by atoms with Crippen LogP contribution in [0.1, 0.15) is 5.56 Å². The first-order valence-corrected chi connectivity index (χ1v) is 5.92. The first-order chi connectivity index (χ1) is 8.16. The van der Waals surface area contributed by atoms with Gasteiger partial charge in [-0.1, -0.05) is 18.2 Å². The average molecular weight is 238 g/mol. The van der Waals surface area contributed by atoms with Gasteiger partial charge in [-0.15, -0.1) is 0 Å². The molecule has 94 valence electrons. The number of benzene rings is 1. The number of hydrogen-bond donors (Lipinski definition) is 1. The normalized spacial score (nSPS) is 24.5. The van der Waals surface area contributed by atoms with Gasteiger partial charge in [0.2, 0.25) is 0 Å². The highest BCUT2D eigenvalue weighted by Gasteiger charge is 2.25. The van der Waals surface area contributed by atoms with E-state index >= 15 is 0 Å². The second kappa shape index (κ2) is 5.58. The maximum Gasteiger partial charge on any atom is 0.127 e. The Morgan fingerprint density at radius 1 is 1.41 bits per heavy atom. The molecule has 0 amide bonds. The lowest BCUT2D eigenvalue weighted by Gasteiger charge is -2.22. The van der Waals surface area contributed by atoms with E-state index in [4.69, 9.17) is 10.5 Å². The molecule has 1 aliphatic heterocycles. The van der Waals surface area contributed by atoms with E-state index < -0.39 is 0 Å². The van der Waals surface area contributed by atoms with E-state index in [1.54, 1.807) is 6.07 Å². The number of ether oxygens (including phenoxy) is 1. The quantitative estimate of drug-likeness (QED) is 0.857. The van der Waals surface area contributed by atoms with E-state index in [0.29, 0.717) is 25.7 Å². The maximum atomic E-state index is 13.5. The predicted octanol–water partition coefficient (Wildman–Crippen LogP) is 1.23. The molecule has 2 N–H and O–H groups in total. The van der Waals surface area contributed by atoms with Crippen molar-refractivity contribution in [3.05, 3.63) is 35.6 Å². The summed E-state index contributed by atoms with van der Waals surface area (Å²) in [5.74, 6) is 0.207. The largest absolute Gasteiger partial charge is 0.379 e. The van der Waals surface area contributed by atoms with Crippen molar-refractivity contribution in [2.45, 2.75) is 12.6 Å². The molecule has 1 fully saturated rings. The van der Waals surface area contributed by atoms with Crippen LogP contribution in [0.4, 0.5) is 4.39 Å². The molecule has 2 unspecified atom stereocenters. The number of halogens is 1. The highest BCUT2D eigenvalue weighted by molar-refractivity contribution is 5.17. The fourth-order valence-corrected chi connectivity index (χ4v) is 2.19. The van der Waals surface area contributed by atoms with Crippen LogP contribution in [-0.2, 0) is 11.3 Å². The number of rotatable bonds is 4. The Labute approximate surface area is 101 Å². The molecule has 0 bridgehead atoms. The highest BCUT2D eigenvalue weighted by atomic mass is 19.1. The van der Waals surface area contributed by atoms with Crippen LogP contribution in [0.15, 0.2) is 24.3 Å². The molecule has 1 heterocycles. The highest BCUT2D eigenvalue weighted by Crippen LogP contribution is 2.15. The summed E-state index contributed by atoms with van der Waals surface area (Å²) < 4.78 is 18.8. The Morgan fingerprint density at radius 3 is 2.82 bits per heavy atom. The summed E-state index contributed by atoms with van der Waals surface area (Å²) in [6.07, 6.45) is 0.